The second-order valence-corrected chi connectivity index (χ2v) is 11.0. The summed E-state index contributed by atoms with van der Waals surface area (Å²) in [6, 6.07) is 13.8. The number of aromatic nitrogens is 3. The molecule has 3 aromatic heterocycles. The molecule has 6 nitrogen and oxygen atoms in total. The van der Waals surface area contributed by atoms with E-state index in [1.807, 2.05) is 6.07 Å². The molecule has 1 saturated heterocycles. The number of aryl methyl sites for hydroxylation is 2. The quantitative estimate of drug-likeness (QED) is 0.268. The number of thiazole rings is 1. The number of hydrogen-bond acceptors (Lipinski definition) is 6. The zero-order chi connectivity index (χ0) is 28.0. The second kappa shape index (κ2) is 10.5. The van der Waals surface area contributed by atoms with Crippen molar-refractivity contribution in [2.24, 2.45) is 0 Å². The first-order valence-corrected chi connectivity index (χ1v) is 14.1. The third-order valence-corrected chi connectivity index (χ3v) is 8.49. The molecule has 0 radical (unpaired) electrons. The van der Waals surface area contributed by atoms with Crippen molar-refractivity contribution in [3.63, 3.8) is 0 Å². The number of halogens is 2. The maximum Gasteiger partial charge on any atom is 0.140 e. The largest absolute Gasteiger partial charge is 0.368 e. The lowest BCUT2D eigenvalue weighted by Gasteiger charge is -2.29. The van der Waals surface area contributed by atoms with Gasteiger partial charge in [-0.25, -0.2) is 18.7 Å². The minimum atomic E-state index is -0.381. The molecule has 0 atom stereocenters. The Morgan fingerprint density at radius 2 is 1.75 bits per heavy atom. The van der Waals surface area contributed by atoms with E-state index in [-0.39, 0.29) is 11.6 Å². The van der Waals surface area contributed by atoms with Crippen LogP contribution in [0.25, 0.3) is 38.7 Å². The van der Waals surface area contributed by atoms with Gasteiger partial charge in [0.15, 0.2) is 0 Å². The normalized spacial score (nSPS) is 13.7. The Hall–Kier alpha value is -4.13. The van der Waals surface area contributed by atoms with Crippen LogP contribution >= 0.6 is 11.3 Å². The van der Waals surface area contributed by atoms with E-state index in [4.69, 9.17) is 4.98 Å². The van der Waals surface area contributed by atoms with Gasteiger partial charge in [-0.1, -0.05) is 13.0 Å². The Bertz CT molecular complexity index is 1770. The summed E-state index contributed by atoms with van der Waals surface area (Å²) in [7, 11) is 0. The Morgan fingerprint density at radius 1 is 1.02 bits per heavy atom. The van der Waals surface area contributed by atoms with E-state index in [0.717, 1.165) is 71.4 Å². The Kier molecular flexibility index (Phi) is 6.82. The van der Waals surface area contributed by atoms with Gasteiger partial charge in [0.25, 0.3) is 0 Å². The molecule has 1 aliphatic rings. The highest BCUT2D eigenvalue weighted by Crippen LogP contribution is 2.39. The molecule has 0 bridgehead atoms. The lowest BCUT2D eigenvalue weighted by molar-refractivity contribution is 0.588. The van der Waals surface area contributed by atoms with Crippen LogP contribution in [0.3, 0.4) is 0 Å². The molecule has 202 valence electrons. The summed E-state index contributed by atoms with van der Waals surface area (Å²) >= 11 is 1.13. The lowest BCUT2D eigenvalue weighted by Crippen LogP contribution is -2.43. The minimum Gasteiger partial charge on any atom is -0.368 e. The third-order valence-electron chi connectivity index (χ3n) is 7.50. The molecule has 9 heteroatoms. The zero-order valence-electron chi connectivity index (χ0n) is 22.6. The van der Waals surface area contributed by atoms with Gasteiger partial charge in [-0.2, -0.15) is 5.26 Å². The van der Waals surface area contributed by atoms with Crippen LogP contribution in [0.15, 0.2) is 48.7 Å². The summed E-state index contributed by atoms with van der Waals surface area (Å²) in [4.78, 5) is 12.3. The molecule has 0 saturated carbocycles. The van der Waals surface area contributed by atoms with Crippen molar-refractivity contribution in [2.45, 2.75) is 27.2 Å². The second-order valence-electron chi connectivity index (χ2n) is 9.99. The van der Waals surface area contributed by atoms with E-state index in [1.54, 1.807) is 25.1 Å². The number of piperazine rings is 1. The number of pyridine rings is 1. The van der Waals surface area contributed by atoms with Crippen LogP contribution in [0.1, 0.15) is 28.6 Å². The Balaban J connectivity index is 1.47. The van der Waals surface area contributed by atoms with E-state index >= 15 is 4.39 Å². The molecular weight excluding hydrogens is 526 g/mol. The van der Waals surface area contributed by atoms with Crippen molar-refractivity contribution in [1.82, 2.24) is 19.7 Å². The van der Waals surface area contributed by atoms with Gasteiger partial charge in [0.1, 0.15) is 33.2 Å². The maximum atomic E-state index is 16.1. The predicted octanol–water partition coefficient (Wildman–Crippen LogP) is 6.53. The first-order chi connectivity index (χ1) is 19.4. The highest BCUT2D eigenvalue weighted by Gasteiger charge is 2.23. The van der Waals surface area contributed by atoms with Crippen LogP contribution in [-0.4, -0.2) is 40.5 Å². The molecule has 0 amide bonds. The molecule has 4 heterocycles. The summed E-state index contributed by atoms with van der Waals surface area (Å²) in [5.41, 5.74) is 7.53. The zero-order valence-corrected chi connectivity index (χ0v) is 23.4. The smallest absolute Gasteiger partial charge is 0.140 e. The van der Waals surface area contributed by atoms with Gasteiger partial charge in [-0.15, -0.1) is 11.3 Å². The number of rotatable bonds is 5. The highest BCUT2D eigenvalue weighted by molar-refractivity contribution is 7.16. The van der Waals surface area contributed by atoms with Crippen LogP contribution in [-0.2, 0) is 6.42 Å². The summed E-state index contributed by atoms with van der Waals surface area (Å²) in [5, 5.41) is 13.5. The van der Waals surface area contributed by atoms with Gasteiger partial charge in [0, 0.05) is 49.1 Å². The number of hydrogen-bond donors (Lipinski definition) is 1. The summed E-state index contributed by atoms with van der Waals surface area (Å²) in [6.45, 7) is 9.64. The first kappa shape index (κ1) is 26.1. The summed E-state index contributed by atoms with van der Waals surface area (Å²) in [5.74, 6) is -0.752. The van der Waals surface area contributed by atoms with Crippen LogP contribution in [0, 0.1) is 36.8 Å². The molecule has 0 aliphatic carbocycles. The molecule has 1 N–H and O–H groups in total. The van der Waals surface area contributed by atoms with Crippen molar-refractivity contribution in [2.75, 3.05) is 31.1 Å². The van der Waals surface area contributed by atoms with Crippen molar-refractivity contribution in [1.29, 1.82) is 5.26 Å². The minimum absolute atomic E-state index is 0.334. The van der Waals surface area contributed by atoms with E-state index in [1.165, 1.54) is 12.1 Å². The van der Waals surface area contributed by atoms with Crippen LogP contribution in [0.2, 0.25) is 0 Å². The van der Waals surface area contributed by atoms with E-state index in [9.17, 15) is 9.65 Å². The average Bonchev–Trinajstić information content (AvgIpc) is 3.57. The average molecular weight is 555 g/mol. The number of imidazole rings is 1. The van der Waals surface area contributed by atoms with Crippen molar-refractivity contribution >= 4 is 22.7 Å². The van der Waals surface area contributed by atoms with Crippen molar-refractivity contribution in [3.8, 4) is 39.2 Å². The van der Waals surface area contributed by atoms with Crippen molar-refractivity contribution < 1.29 is 8.78 Å². The summed E-state index contributed by atoms with van der Waals surface area (Å²) < 4.78 is 31.7. The number of benzene rings is 2. The molecule has 1 aliphatic heterocycles. The third kappa shape index (κ3) is 4.43. The number of anilines is 1. The van der Waals surface area contributed by atoms with E-state index in [0.29, 0.717) is 38.7 Å². The Morgan fingerprint density at radius 3 is 2.45 bits per heavy atom. The van der Waals surface area contributed by atoms with Gasteiger partial charge in [0.2, 0.25) is 0 Å². The number of nitriles is 1. The van der Waals surface area contributed by atoms with E-state index < -0.39 is 0 Å². The molecule has 2 aromatic carbocycles. The van der Waals surface area contributed by atoms with E-state index in [2.05, 4.69) is 51.8 Å². The maximum absolute atomic E-state index is 16.1. The summed E-state index contributed by atoms with van der Waals surface area (Å²) in [6.07, 6.45) is 2.83. The molecule has 5 aromatic rings. The fourth-order valence-corrected chi connectivity index (χ4v) is 6.29. The fraction of sp³-hybridized carbons (Fsp3) is 0.258. The van der Waals surface area contributed by atoms with Gasteiger partial charge < -0.3 is 10.2 Å². The van der Waals surface area contributed by atoms with Crippen LogP contribution < -0.4 is 10.2 Å². The molecule has 1 fully saturated rings. The van der Waals surface area contributed by atoms with Gasteiger partial charge in [-0.3, -0.25) is 4.40 Å². The van der Waals surface area contributed by atoms with Crippen LogP contribution in [0.5, 0.6) is 0 Å². The topological polar surface area (TPSA) is 69.2 Å². The molecular formula is C31H28F2N6S. The SMILES string of the molecule is CCc1nc2c(C)cc(N3CCNCC3)cn2c1-c1ccc(-c2nc(-c3ccc(F)cc3)c(C#N)s2)c(F)c1C. The molecule has 0 unspecified atom stereocenters. The van der Waals surface area contributed by atoms with Gasteiger partial charge in [-0.05, 0) is 67.8 Å². The molecule has 40 heavy (non-hydrogen) atoms. The first-order valence-electron chi connectivity index (χ1n) is 13.3. The number of fused-ring (bicyclic) bond motifs is 1. The molecule has 0 spiro atoms. The number of nitrogens with one attached hydrogen (secondary N) is 1. The highest BCUT2D eigenvalue weighted by atomic mass is 32.1. The lowest BCUT2D eigenvalue weighted by atomic mass is 9.99. The molecule has 6 rings (SSSR count). The van der Waals surface area contributed by atoms with Gasteiger partial charge >= 0.3 is 0 Å². The Labute approximate surface area is 235 Å². The van der Waals surface area contributed by atoms with Crippen molar-refractivity contribution in [3.05, 3.63) is 82.0 Å². The number of nitrogens with zero attached hydrogens (tertiary/aromatic N) is 5. The standard InChI is InChI=1S/C31H28F2N6S/c1-4-25-29(39-17-22(15-18(2)30(39)36-25)38-13-11-35-12-14-38)23-9-10-24(27(33)19(23)3)31-37-28(26(16-34)40-31)20-5-7-21(32)8-6-20/h5-10,15,17,35H,4,11-14H2,1-3H3. The monoisotopic (exact) mass is 554 g/mol. The van der Waals surface area contributed by atoms with Gasteiger partial charge in [0.05, 0.1) is 22.8 Å². The predicted molar refractivity (Wildman–Crippen MR) is 156 cm³/mol. The van der Waals surface area contributed by atoms with Crippen LogP contribution in [0.4, 0.5) is 14.5 Å². The fourth-order valence-electron chi connectivity index (χ4n) is 5.39.